The predicted octanol–water partition coefficient (Wildman–Crippen LogP) is 4.32. The number of carbonyl (C=O) groups is 1. The second-order valence-corrected chi connectivity index (χ2v) is 6.73. The van der Waals surface area contributed by atoms with Crippen LogP contribution in [0, 0.1) is 6.92 Å². The summed E-state index contributed by atoms with van der Waals surface area (Å²) in [6, 6.07) is 15.9. The van der Waals surface area contributed by atoms with Gasteiger partial charge in [-0.25, -0.2) is 4.98 Å². The monoisotopic (exact) mass is 320 g/mol. The Morgan fingerprint density at radius 1 is 1.13 bits per heavy atom. The smallest absolute Gasteiger partial charge is 0.258 e. The molecule has 3 aromatic rings. The lowest BCUT2D eigenvalue weighted by Crippen LogP contribution is -2.28. The summed E-state index contributed by atoms with van der Waals surface area (Å²) < 4.78 is 0. The van der Waals surface area contributed by atoms with Crippen LogP contribution in [0.15, 0.2) is 53.9 Å². The molecule has 3 nitrogen and oxygen atoms in total. The van der Waals surface area contributed by atoms with Crippen molar-refractivity contribution in [3.8, 4) is 11.3 Å². The van der Waals surface area contributed by atoms with Crippen LogP contribution in [0.1, 0.15) is 20.9 Å². The number of aryl methyl sites for hydroxylation is 1. The number of rotatable bonds is 2. The Morgan fingerprint density at radius 2 is 1.91 bits per heavy atom. The first-order chi connectivity index (χ1) is 11.2. The lowest BCUT2D eigenvalue weighted by atomic mass is 10.1. The Labute approximate surface area is 139 Å². The summed E-state index contributed by atoms with van der Waals surface area (Å²) in [4.78, 5) is 19.1. The van der Waals surface area contributed by atoms with Gasteiger partial charge < -0.3 is 4.90 Å². The van der Waals surface area contributed by atoms with Gasteiger partial charge in [-0.05, 0) is 37.1 Å². The van der Waals surface area contributed by atoms with Gasteiger partial charge in [0.15, 0.2) is 0 Å². The molecule has 0 aliphatic carbocycles. The Balaban J connectivity index is 1.60. The fourth-order valence-electron chi connectivity index (χ4n) is 2.98. The molecule has 4 rings (SSSR count). The molecule has 2 aromatic carbocycles. The van der Waals surface area contributed by atoms with E-state index in [1.807, 2.05) is 59.7 Å². The van der Waals surface area contributed by atoms with Gasteiger partial charge in [-0.2, -0.15) is 0 Å². The fraction of sp³-hybridized carbons (Fsp3) is 0.158. The molecule has 0 fully saturated rings. The van der Waals surface area contributed by atoms with Crippen LogP contribution in [0.2, 0.25) is 0 Å². The number of anilines is 1. The molecule has 0 bridgehead atoms. The molecule has 0 radical (unpaired) electrons. The van der Waals surface area contributed by atoms with Crippen LogP contribution in [-0.4, -0.2) is 17.4 Å². The van der Waals surface area contributed by atoms with E-state index in [9.17, 15) is 4.79 Å². The number of carbonyl (C=O) groups excluding carboxylic acids is 1. The van der Waals surface area contributed by atoms with Crippen molar-refractivity contribution < 1.29 is 4.79 Å². The van der Waals surface area contributed by atoms with Crippen LogP contribution in [0.5, 0.6) is 0 Å². The van der Waals surface area contributed by atoms with Gasteiger partial charge in [0.2, 0.25) is 0 Å². The number of thiazole rings is 1. The maximum absolute atomic E-state index is 12.8. The van der Waals surface area contributed by atoms with Gasteiger partial charge in [0.1, 0.15) is 0 Å². The minimum absolute atomic E-state index is 0.0657. The van der Waals surface area contributed by atoms with Crippen molar-refractivity contribution in [1.82, 2.24) is 4.98 Å². The molecule has 2 heterocycles. The molecule has 1 aliphatic heterocycles. The maximum Gasteiger partial charge on any atom is 0.258 e. The molecular formula is C19H16N2OS. The summed E-state index contributed by atoms with van der Waals surface area (Å²) in [5.74, 6) is 0.0657. The van der Waals surface area contributed by atoms with E-state index in [1.165, 1.54) is 5.56 Å². The van der Waals surface area contributed by atoms with Crippen LogP contribution in [0.4, 0.5) is 5.69 Å². The molecule has 0 atom stereocenters. The van der Waals surface area contributed by atoms with Crippen molar-refractivity contribution in [3.63, 3.8) is 0 Å². The third-order valence-electron chi connectivity index (χ3n) is 4.18. The Morgan fingerprint density at radius 3 is 2.65 bits per heavy atom. The molecule has 1 aliphatic rings. The van der Waals surface area contributed by atoms with Crippen LogP contribution >= 0.6 is 11.3 Å². The molecule has 1 amide bonds. The van der Waals surface area contributed by atoms with E-state index in [-0.39, 0.29) is 5.91 Å². The Hall–Kier alpha value is -2.46. The van der Waals surface area contributed by atoms with Crippen LogP contribution in [0.3, 0.4) is 0 Å². The first-order valence-corrected chi connectivity index (χ1v) is 8.53. The third-order valence-corrected chi connectivity index (χ3v) is 4.95. The second-order valence-electron chi connectivity index (χ2n) is 5.66. The van der Waals surface area contributed by atoms with E-state index >= 15 is 0 Å². The predicted molar refractivity (Wildman–Crippen MR) is 94.1 cm³/mol. The number of hydrogen-bond donors (Lipinski definition) is 0. The fourth-order valence-corrected chi connectivity index (χ4v) is 3.61. The normalized spacial score (nSPS) is 13.2. The number of benzene rings is 2. The van der Waals surface area contributed by atoms with Gasteiger partial charge in [-0.3, -0.25) is 4.79 Å². The quantitative estimate of drug-likeness (QED) is 0.704. The Bertz CT molecular complexity index is 867. The van der Waals surface area contributed by atoms with Crippen molar-refractivity contribution in [2.24, 2.45) is 0 Å². The standard InChI is InChI=1S/C19H16N2OS/c1-13-20-17(12-23-13)14-6-8-16(9-7-14)19(22)21-11-10-15-4-2-3-5-18(15)21/h2-9,12H,10-11H2,1H3. The SMILES string of the molecule is Cc1nc(-c2ccc(C(=O)N3CCc4ccccc43)cc2)cs1. The summed E-state index contributed by atoms with van der Waals surface area (Å²) in [7, 11) is 0. The molecule has 0 spiro atoms. The molecule has 23 heavy (non-hydrogen) atoms. The van der Waals surface area contributed by atoms with E-state index in [0.29, 0.717) is 0 Å². The highest BCUT2D eigenvalue weighted by Gasteiger charge is 2.24. The number of hydrogen-bond acceptors (Lipinski definition) is 3. The number of nitrogens with zero attached hydrogens (tertiary/aromatic N) is 2. The highest BCUT2D eigenvalue weighted by atomic mass is 32.1. The molecule has 0 unspecified atom stereocenters. The zero-order valence-corrected chi connectivity index (χ0v) is 13.6. The molecule has 0 N–H and O–H groups in total. The van der Waals surface area contributed by atoms with Gasteiger partial charge >= 0.3 is 0 Å². The third kappa shape index (κ3) is 2.55. The van der Waals surface area contributed by atoms with Crippen molar-refractivity contribution in [2.75, 3.05) is 11.4 Å². The Kier molecular flexibility index (Phi) is 3.46. The summed E-state index contributed by atoms with van der Waals surface area (Å²) in [6.45, 7) is 2.75. The van der Waals surface area contributed by atoms with Gasteiger partial charge in [0.25, 0.3) is 5.91 Å². The van der Waals surface area contributed by atoms with Crippen molar-refractivity contribution >= 4 is 22.9 Å². The van der Waals surface area contributed by atoms with Crippen molar-refractivity contribution in [3.05, 3.63) is 70.0 Å². The molecule has 0 saturated carbocycles. The topological polar surface area (TPSA) is 33.2 Å². The van der Waals surface area contributed by atoms with E-state index in [0.717, 1.165) is 40.5 Å². The summed E-state index contributed by atoms with van der Waals surface area (Å²) in [5.41, 5.74) is 5.02. The van der Waals surface area contributed by atoms with Gasteiger partial charge in [-0.1, -0.05) is 30.3 Å². The second kappa shape index (κ2) is 5.63. The van der Waals surface area contributed by atoms with Gasteiger partial charge in [0, 0.05) is 28.7 Å². The molecule has 114 valence electrons. The van der Waals surface area contributed by atoms with Crippen LogP contribution in [0.25, 0.3) is 11.3 Å². The number of amides is 1. The average Bonchev–Trinajstić information content (AvgIpc) is 3.21. The number of aromatic nitrogens is 1. The van der Waals surface area contributed by atoms with Crippen LogP contribution < -0.4 is 4.90 Å². The molecule has 1 aromatic heterocycles. The lowest BCUT2D eigenvalue weighted by molar-refractivity contribution is 0.0989. The zero-order chi connectivity index (χ0) is 15.8. The zero-order valence-electron chi connectivity index (χ0n) is 12.8. The van der Waals surface area contributed by atoms with E-state index < -0.39 is 0 Å². The van der Waals surface area contributed by atoms with E-state index in [2.05, 4.69) is 11.1 Å². The van der Waals surface area contributed by atoms with Gasteiger partial charge in [-0.15, -0.1) is 11.3 Å². The lowest BCUT2D eigenvalue weighted by Gasteiger charge is -2.17. The van der Waals surface area contributed by atoms with Gasteiger partial charge in [0.05, 0.1) is 10.7 Å². The summed E-state index contributed by atoms with van der Waals surface area (Å²) in [5, 5.41) is 3.09. The van der Waals surface area contributed by atoms with E-state index in [4.69, 9.17) is 0 Å². The summed E-state index contributed by atoms with van der Waals surface area (Å²) >= 11 is 1.64. The van der Waals surface area contributed by atoms with Crippen molar-refractivity contribution in [1.29, 1.82) is 0 Å². The highest BCUT2D eigenvalue weighted by molar-refractivity contribution is 7.09. The van der Waals surface area contributed by atoms with Crippen molar-refractivity contribution in [2.45, 2.75) is 13.3 Å². The minimum Gasteiger partial charge on any atom is -0.308 e. The molecular weight excluding hydrogens is 304 g/mol. The number of fused-ring (bicyclic) bond motifs is 1. The van der Waals surface area contributed by atoms with Crippen LogP contribution in [-0.2, 0) is 6.42 Å². The largest absolute Gasteiger partial charge is 0.308 e. The highest BCUT2D eigenvalue weighted by Crippen LogP contribution is 2.29. The maximum atomic E-state index is 12.8. The first-order valence-electron chi connectivity index (χ1n) is 7.65. The molecule has 4 heteroatoms. The van der Waals surface area contributed by atoms with E-state index in [1.54, 1.807) is 11.3 Å². The summed E-state index contributed by atoms with van der Waals surface area (Å²) in [6.07, 6.45) is 0.929. The minimum atomic E-state index is 0.0657. The first kappa shape index (κ1) is 14.2. The average molecular weight is 320 g/mol. The molecule has 0 saturated heterocycles. The number of para-hydroxylation sites is 1.